The molecular formula is C29H40O2. The molecule has 3 rings (SSSR count). The Kier molecular flexibility index (Phi) is 9.18. The standard InChI is InChI=1S/C29H40O2/c1-3-5-6-7-9-12-24-13-15-25(16-14-24)28(30)31-27-19-17-26(18-20-27)29(21-4-2)22-10-8-11-23-29/h13-20H,3-12,21-23H2,1-2H3. The number of carbonyl (C=O) groups excluding carboxylic acids is 1. The Morgan fingerprint density at radius 3 is 2.13 bits per heavy atom. The van der Waals surface area contributed by atoms with Gasteiger partial charge < -0.3 is 4.74 Å². The number of hydrogen-bond donors (Lipinski definition) is 0. The van der Waals surface area contributed by atoms with Gasteiger partial charge in [0.1, 0.15) is 5.75 Å². The van der Waals surface area contributed by atoms with Gasteiger partial charge in [0.05, 0.1) is 5.56 Å². The SMILES string of the molecule is CCCCCCCc1ccc(C(=O)Oc2ccc(C3(CCC)CCCCC3)cc2)cc1. The van der Waals surface area contributed by atoms with Gasteiger partial charge in [-0.1, -0.05) is 89.5 Å². The number of ether oxygens (including phenoxy) is 1. The third-order valence-corrected chi connectivity index (χ3v) is 6.98. The second kappa shape index (κ2) is 12.1. The smallest absolute Gasteiger partial charge is 0.343 e. The van der Waals surface area contributed by atoms with Crippen molar-refractivity contribution in [3.8, 4) is 5.75 Å². The van der Waals surface area contributed by atoms with E-state index in [2.05, 4.69) is 38.1 Å². The van der Waals surface area contributed by atoms with E-state index in [-0.39, 0.29) is 5.97 Å². The van der Waals surface area contributed by atoms with E-state index in [0.717, 1.165) is 6.42 Å². The van der Waals surface area contributed by atoms with Crippen molar-refractivity contribution in [2.24, 2.45) is 0 Å². The largest absolute Gasteiger partial charge is 0.423 e. The fraction of sp³-hybridized carbons (Fsp3) is 0.552. The molecule has 1 aliphatic carbocycles. The van der Waals surface area contributed by atoms with E-state index in [1.54, 1.807) is 0 Å². The van der Waals surface area contributed by atoms with Crippen LogP contribution in [0.15, 0.2) is 48.5 Å². The van der Waals surface area contributed by atoms with E-state index >= 15 is 0 Å². The molecule has 2 aromatic rings. The topological polar surface area (TPSA) is 26.3 Å². The monoisotopic (exact) mass is 420 g/mol. The molecule has 2 nitrogen and oxygen atoms in total. The van der Waals surface area contributed by atoms with Crippen molar-refractivity contribution in [1.82, 2.24) is 0 Å². The molecule has 0 saturated heterocycles. The van der Waals surface area contributed by atoms with Crippen molar-refractivity contribution in [2.45, 2.75) is 103 Å². The van der Waals surface area contributed by atoms with Gasteiger partial charge in [-0.25, -0.2) is 4.79 Å². The van der Waals surface area contributed by atoms with E-state index in [4.69, 9.17) is 4.74 Å². The van der Waals surface area contributed by atoms with Crippen LogP contribution in [-0.4, -0.2) is 5.97 Å². The van der Waals surface area contributed by atoms with Gasteiger partial charge >= 0.3 is 5.97 Å². The molecule has 2 heteroatoms. The maximum Gasteiger partial charge on any atom is 0.343 e. The summed E-state index contributed by atoms with van der Waals surface area (Å²) < 4.78 is 5.66. The molecule has 31 heavy (non-hydrogen) atoms. The van der Waals surface area contributed by atoms with Gasteiger partial charge in [-0.15, -0.1) is 0 Å². The van der Waals surface area contributed by atoms with Crippen molar-refractivity contribution in [1.29, 1.82) is 0 Å². The van der Waals surface area contributed by atoms with Crippen LogP contribution in [0.25, 0.3) is 0 Å². The highest BCUT2D eigenvalue weighted by molar-refractivity contribution is 5.91. The Morgan fingerprint density at radius 2 is 1.48 bits per heavy atom. The molecule has 0 bridgehead atoms. The van der Waals surface area contributed by atoms with Crippen molar-refractivity contribution in [2.75, 3.05) is 0 Å². The molecule has 0 heterocycles. The second-order valence-corrected chi connectivity index (χ2v) is 9.37. The molecule has 0 aromatic heterocycles. The number of benzene rings is 2. The van der Waals surface area contributed by atoms with E-state index in [0.29, 0.717) is 16.7 Å². The van der Waals surface area contributed by atoms with Crippen molar-refractivity contribution >= 4 is 5.97 Å². The van der Waals surface area contributed by atoms with Crippen LogP contribution in [0.1, 0.15) is 112 Å². The van der Waals surface area contributed by atoms with Gasteiger partial charge in [0.2, 0.25) is 0 Å². The highest BCUT2D eigenvalue weighted by Crippen LogP contribution is 2.43. The minimum Gasteiger partial charge on any atom is -0.423 e. The van der Waals surface area contributed by atoms with Gasteiger partial charge in [-0.2, -0.15) is 0 Å². The first-order valence-electron chi connectivity index (χ1n) is 12.6. The van der Waals surface area contributed by atoms with Gasteiger partial charge in [0.15, 0.2) is 0 Å². The van der Waals surface area contributed by atoms with E-state index in [9.17, 15) is 4.79 Å². The Morgan fingerprint density at radius 1 is 0.806 bits per heavy atom. The minimum absolute atomic E-state index is 0.275. The lowest BCUT2D eigenvalue weighted by atomic mass is 9.67. The molecule has 0 spiro atoms. The maximum atomic E-state index is 12.6. The second-order valence-electron chi connectivity index (χ2n) is 9.37. The summed E-state index contributed by atoms with van der Waals surface area (Å²) in [5.74, 6) is 0.361. The molecule has 0 radical (unpaired) electrons. The molecule has 2 aromatic carbocycles. The van der Waals surface area contributed by atoms with Crippen LogP contribution in [0.4, 0.5) is 0 Å². The first-order chi connectivity index (χ1) is 15.2. The van der Waals surface area contributed by atoms with Crippen molar-refractivity contribution in [3.05, 3.63) is 65.2 Å². The van der Waals surface area contributed by atoms with Gasteiger partial charge in [0, 0.05) is 0 Å². The Hall–Kier alpha value is -2.09. The van der Waals surface area contributed by atoms with Gasteiger partial charge in [-0.3, -0.25) is 0 Å². The number of unbranched alkanes of at least 4 members (excludes halogenated alkanes) is 4. The average molecular weight is 421 g/mol. The zero-order chi connectivity index (χ0) is 21.9. The lowest BCUT2D eigenvalue weighted by Gasteiger charge is -2.38. The number of aryl methyl sites for hydroxylation is 1. The lowest BCUT2D eigenvalue weighted by molar-refractivity contribution is 0.0734. The van der Waals surface area contributed by atoms with Crippen LogP contribution >= 0.6 is 0 Å². The number of hydrogen-bond acceptors (Lipinski definition) is 2. The first kappa shape index (κ1) is 23.6. The first-order valence-corrected chi connectivity index (χ1v) is 12.6. The summed E-state index contributed by atoms with van der Waals surface area (Å²) in [7, 11) is 0. The van der Waals surface area contributed by atoms with Crippen LogP contribution in [0.5, 0.6) is 5.75 Å². The Bertz CT molecular complexity index is 777. The van der Waals surface area contributed by atoms with Crippen molar-refractivity contribution in [3.63, 3.8) is 0 Å². The summed E-state index contributed by atoms with van der Waals surface area (Å²) in [6.45, 7) is 4.52. The fourth-order valence-electron chi connectivity index (χ4n) is 5.17. The number of carbonyl (C=O) groups is 1. The molecule has 1 saturated carbocycles. The van der Waals surface area contributed by atoms with Crippen LogP contribution in [0, 0.1) is 0 Å². The fourth-order valence-corrected chi connectivity index (χ4v) is 5.17. The molecule has 0 unspecified atom stereocenters. The molecule has 168 valence electrons. The zero-order valence-electron chi connectivity index (χ0n) is 19.6. The summed E-state index contributed by atoms with van der Waals surface area (Å²) in [5.41, 5.74) is 3.65. The minimum atomic E-state index is -0.275. The Labute approximate surface area is 189 Å². The maximum absolute atomic E-state index is 12.6. The van der Waals surface area contributed by atoms with Crippen LogP contribution in [0.2, 0.25) is 0 Å². The number of rotatable bonds is 11. The van der Waals surface area contributed by atoms with Crippen LogP contribution in [0.3, 0.4) is 0 Å². The number of esters is 1. The average Bonchev–Trinajstić information content (AvgIpc) is 2.80. The van der Waals surface area contributed by atoms with E-state index in [1.807, 2.05) is 24.3 Å². The molecule has 0 amide bonds. The molecule has 0 atom stereocenters. The lowest BCUT2D eigenvalue weighted by Crippen LogP contribution is -2.28. The van der Waals surface area contributed by atoms with Crippen LogP contribution in [-0.2, 0) is 11.8 Å². The zero-order valence-corrected chi connectivity index (χ0v) is 19.6. The third-order valence-electron chi connectivity index (χ3n) is 6.98. The Balaban J connectivity index is 1.55. The predicted octanol–water partition coefficient (Wildman–Crippen LogP) is 8.42. The molecule has 0 N–H and O–H groups in total. The highest BCUT2D eigenvalue weighted by Gasteiger charge is 2.32. The molecule has 0 aliphatic heterocycles. The quantitative estimate of drug-likeness (QED) is 0.207. The van der Waals surface area contributed by atoms with Gasteiger partial charge in [0.25, 0.3) is 0 Å². The van der Waals surface area contributed by atoms with Crippen molar-refractivity contribution < 1.29 is 9.53 Å². The highest BCUT2D eigenvalue weighted by atomic mass is 16.5. The summed E-state index contributed by atoms with van der Waals surface area (Å²) in [6.07, 6.45) is 16.5. The summed E-state index contributed by atoms with van der Waals surface area (Å²) in [6, 6.07) is 16.3. The molecule has 1 aliphatic rings. The third kappa shape index (κ3) is 6.69. The molecule has 1 fully saturated rings. The summed E-state index contributed by atoms with van der Waals surface area (Å²) in [5, 5.41) is 0. The van der Waals surface area contributed by atoms with Gasteiger partial charge in [-0.05, 0) is 72.9 Å². The van der Waals surface area contributed by atoms with E-state index in [1.165, 1.54) is 88.2 Å². The molecular weight excluding hydrogens is 380 g/mol. The van der Waals surface area contributed by atoms with E-state index < -0.39 is 0 Å². The van der Waals surface area contributed by atoms with Crippen LogP contribution < -0.4 is 4.74 Å². The normalized spacial score (nSPS) is 15.5. The summed E-state index contributed by atoms with van der Waals surface area (Å²) in [4.78, 5) is 12.6. The predicted molar refractivity (Wildman–Crippen MR) is 130 cm³/mol. The summed E-state index contributed by atoms with van der Waals surface area (Å²) >= 11 is 0.